The smallest absolute Gasteiger partial charge is 0.254 e. The molecule has 1 heterocycles. The van der Waals surface area contributed by atoms with Gasteiger partial charge in [-0.1, -0.05) is 13.8 Å². The fraction of sp³-hybridized carbons (Fsp3) is 0.500. The molecule has 0 bridgehead atoms. The predicted octanol–water partition coefficient (Wildman–Crippen LogP) is 2.16. The lowest BCUT2D eigenvalue weighted by Crippen LogP contribution is -2.35. The number of hydrogen-bond donors (Lipinski definition) is 1. The summed E-state index contributed by atoms with van der Waals surface area (Å²) in [4.78, 5) is 18.1. The normalized spacial score (nSPS) is 12.0. The van der Waals surface area contributed by atoms with Crippen LogP contribution in [-0.4, -0.2) is 28.9 Å². The van der Waals surface area contributed by atoms with Gasteiger partial charge in [-0.15, -0.1) is 0 Å². The van der Waals surface area contributed by atoms with Crippen molar-refractivity contribution >= 4 is 11.7 Å². The van der Waals surface area contributed by atoms with Gasteiger partial charge in [0.2, 0.25) is 0 Å². The van der Waals surface area contributed by atoms with Crippen molar-refractivity contribution in [2.24, 2.45) is 0 Å². The van der Waals surface area contributed by atoms with E-state index in [0.717, 1.165) is 5.69 Å². The molecule has 0 aliphatic heterocycles. The second-order valence-corrected chi connectivity index (χ2v) is 4.99. The van der Waals surface area contributed by atoms with Crippen LogP contribution in [0.4, 0.5) is 5.82 Å². The Morgan fingerprint density at radius 1 is 1.47 bits per heavy atom. The van der Waals surface area contributed by atoms with Crippen molar-refractivity contribution in [3.05, 3.63) is 23.4 Å². The molecule has 0 spiro atoms. The Kier molecular flexibility index (Phi) is 4.87. The Labute approximate surface area is 114 Å². The number of aromatic nitrogens is 1. The van der Waals surface area contributed by atoms with E-state index in [1.165, 1.54) is 0 Å². The molecule has 1 aromatic rings. The molecule has 0 aliphatic rings. The maximum Gasteiger partial charge on any atom is 0.254 e. The van der Waals surface area contributed by atoms with Crippen LogP contribution < -0.4 is 5.73 Å². The van der Waals surface area contributed by atoms with Crippen molar-refractivity contribution < 1.29 is 4.79 Å². The molecular weight excluding hydrogens is 240 g/mol. The van der Waals surface area contributed by atoms with E-state index in [4.69, 9.17) is 11.0 Å². The molecule has 1 atom stereocenters. The summed E-state index contributed by atoms with van der Waals surface area (Å²) in [7, 11) is 1.69. The first-order chi connectivity index (χ1) is 8.86. The van der Waals surface area contributed by atoms with E-state index < -0.39 is 0 Å². The predicted molar refractivity (Wildman–Crippen MR) is 74.5 cm³/mol. The summed E-state index contributed by atoms with van der Waals surface area (Å²) in [6, 6.07) is 5.27. The summed E-state index contributed by atoms with van der Waals surface area (Å²) in [6.07, 6.45) is 0.305. The number of carbonyl (C=O) groups is 1. The monoisotopic (exact) mass is 260 g/mol. The first-order valence-electron chi connectivity index (χ1n) is 6.28. The minimum atomic E-state index is -0.140. The number of rotatable bonds is 4. The topological polar surface area (TPSA) is 83.0 Å². The number of nitrogen functional groups attached to an aromatic ring is 1. The zero-order valence-electron chi connectivity index (χ0n) is 11.8. The lowest BCUT2D eigenvalue weighted by molar-refractivity contribution is 0.0746. The first kappa shape index (κ1) is 15.0. The minimum Gasteiger partial charge on any atom is -0.384 e. The third-order valence-corrected chi connectivity index (χ3v) is 3.07. The number of hydrogen-bond acceptors (Lipinski definition) is 4. The van der Waals surface area contributed by atoms with Crippen molar-refractivity contribution in [2.45, 2.75) is 39.2 Å². The average Bonchev–Trinajstić information content (AvgIpc) is 2.36. The van der Waals surface area contributed by atoms with Gasteiger partial charge in [-0.25, -0.2) is 4.98 Å². The van der Waals surface area contributed by atoms with E-state index in [9.17, 15) is 4.79 Å². The Balaban J connectivity index is 3.03. The van der Waals surface area contributed by atoms with Gasteiger partial charge in [0, 0.05) is 24.3 Å². The Morgan fingerprint density at radius 3 is 2.63 bits per heavy atom. The van der Waals surface area contributed by atoms with Gasteiger partial charge >= 0.3 is 0 Å². The highest BCUT2D eigenvalue weighted by Gasteiger charge is 2.19. The molecule has 5 nitrogen and oxygen atoms in total. The van der Waals surface area contributed by atoms with Gasteiger partial charge in [-0.3, -0.25) is 4.79 Å². The summed E-state index contributed by atoms with van der Waals surface area (Å²) in [5, 5.41) is 8.68. The molecule has 2 N–H and O–H groups in total. The molecule has 0 radical (unpaired) electrons. The van der Waals surface area contributed by atoms with E-state index in [1.807, 2.05) is 20.8 Å². The summed E-state index contributed by atoms with van der Waals surface area (Å²) < 4.78 is 0. The van der Waals surface area contributed by atoms with E-state index in [2.05, 4.69) is 11.1 Å². The maximum absolute atomic E-state index is 12.3. The highest BCUT2D eigenvalue weighted by Crippen LogP contribution is 2.18. The van der Waals surface area contributed by atoms with Gasteiger partial charge < -0.3 is 10.6 Å². The molecule has 1 aromatic heterocycles. The molecule has 0 saturated carbocycles. The molecule has 1 unspecified atom stereocenters. The zero-order valence-corrected chi connectivity index (χ0v) is 11.8. The van der Waals surface area contributed by atoms with Gasteiger partial charge in [0.25, 0.3) is 5.91 Å². The first-order valence-corrected chi connectivity index (χ1v) is 6.28. The van der Waals surface area contributed by atoms with Crippen LogP contribution in [0.1, 0.15) is 49.2 Å². The number of pyridine rings is 1. The van der Waals surface area contributed by atoms with Crippen LogP contribution in [-0.2, 0) is 0 Å². The lowest BCUT2D eigenvalue weighted by atomic mass is 10.1. The Bertz CT molecular complexity index is 505. The summed E-state index contributed by atoms with van der Waals surface area (Å²) in [5.74, 6) is 0.409. The largest absolute Gasteiger partial charge is 0.384 e. The molecule has 0 aromatic carbocycles. The fourth-order valence-electron chi connectivity index (χ4n) is 1.67. The average molecular weight is 260 g/mol. The molecule has 0 aliphatic carbocycles. The molecular formula is C14H20N4O. The SMILES string of the molecule is CC(C)c1cc(C(=O)N(C)C(C)CC#N)cc(N)n1. The molecule has 1 rings (SSSR count). The van der Waals surface area contributed by atoms with Crippen LogP contribution in [0.3, 0.4) is 0 Å². The van der Waals surface area contributed by atoms with Crippen LogP contribution in [0.25, 0.3) is 0 Å². The van der Waals surface area contributed by atoms with Gasteiger partial charge in [-0.05, 0) is 25.0 Å². The highest BCUT2D eigenvalue weighted by atomic mass is 16.2. The molecule has 19 heavy (non-hydrogen) atoms. The van der Waals surface area contributed by atoms with Gasteiger partial charge in [-0.2, -0.15) is 5.26 Å². The second-order valence-electron chi connectivity index (χ2n) is 4.99. The van der Waals surface area contributed by atoms with Gasteiger partial charge in [0.05, 0.1) is 12.5 Å². The van der Waals surface area contributed by atoms with Crippen molar-refractivity contribution in [1.82, 2.24) is 9.88 Å². The molecule has 0 saturated heterocycles. The third-order valence-electron chi connectivity index (χ3n) is 3.07. The summed E-state index contributed by atoms with van der Waals surface area (Å²) in [5.41, 5.74) is 7.05. The van der Waals surface area contributed by atoms with Crippen LogP contribution in [0.15, 0.2) is 12.1 Å². The van der Waals surface area contributed by atoms with Crippen molar-refractivity contribution in [1.29, 1.82) is 5.26 Å². The van der Waals surface area contributed by atoms with Crippen LogP contribution in [0.5, 0.6) is 0 Å². The van der Waals surface area contributed by atoms with Crippen molar-refractivity contribution in [3.63, 3.8) is 0 Å². The fourth-order valence-corrected chi connectivity index (χ4v) is 1.67. The number of nitrogens with two attached hydrogens (primary N) is 1. The second kappa shape index (κ2) is 6.19. The maximum atomic E-state index is 12.3. The van der Waals surface area contributed by atoms with Gasteiger partial charge in [0.1, 0.15) is 5.82 Å². The van der Waals surface area contributed by atoms with Crippen LogP contribution in [0, 0.1) is 11.3 Å². The van der Waals surface area contributed by atoms with Crippen LogP contribution in [0.2, 0.25) is 0 Å². The van der Waals surface area contributed by atoms with E-state index in [0.29, 0.717) is 17.8 Å². The Hall–Kier alpha value is -2.09. The molecule has 1 amide bonds. The quantitative estimate of drug-likeness (QED) is 0.899. The number of nitrogens with zero attached hydrogens (tertiary/aromatic N) is 3. The number of nitriles is 1. The van der Waals surface area contributed by atoms with Crippen LogP contribution >= 0.6 is 0 Å². The number of amides is 1. The standard InChI is InChI=1S/C14H20N4O/c1-9(2)12-7-11(8-13(16)17-12)14(19)18(4)10(3)5-6-15/h7-10H,5H2,1-4H3,(H2,16,17). The molecule has 102 valence electrons. The lowest BCUT2D eigenvalue weighted by Gasteiger charge is -2.23. The third kappa shape index (κ3) is 3.68. The molecule has 5 heteroatoms. The zero-order chi connectivity index (χ0) is 14.6. The van der Waals surface area contributed by atoms with E-state index >= 15 is 0 Å². The minimum absolute atomic E-state index is 0.130. The van der Waals surface area contributed by atoms with E-state index in [1.54, 1.807) is 24.1 Å². The summed E-state index contributed by atoms with van der Waals surface area (Å²) in [6.45, 7) is 5.84. The van der Waals surface area contributed by atoms with Crippen molar-refractivity contribution in [2.75, 3.05) is 12.8 Å². The van der Waals surface area contributed by atoms with Crippen molar-refractivity contribution in [3.8, 4) is 6.07 Å². The Morgan fingerprint density at radius 2 is 2.11 bits per heavy atom. The summed E-state index contributed by atoms with van der Waals surface area (Å²) >= 11 is 0. The number of carbonyl (C=O) groups excluding carboxylic acids is 1. The number of anilines is 1. The van der Waals surface area contributed by atoms with Gasteiger partial charge in [0.15, 0.2) is 0 Å². The van der Waals surface area contributed by atoms with E-state index in [-0.39, 0.29) is 17.9 Å². The molecule has 0 fully saturated rings. The highest BCUT2D eigenvalue weighted by molar-refractivity contribution is 5.95.